The maximum absolute atomic E-state index is 13.1. The Balaban J connectivity index is 1.99. The zero-order valence-electron chi connectivity index (χ0n) is 15.1. The number of esters is 1. The molecule has 1 aromatic heterocycles. The van der Waals surface area contributed by atoms with E-state index < -0.39 is 17.7 Å². The number of carbonyl (C=O) groups excluding carboxylic acids is 2. The fourth-order valence-corrected chi connectivity index (χ4v) is 3.34. The van der Waals surface area contributed by atoms with Gasteiger partial charge in [-0.1, -0.05) is 23.7 Å². The minimum atomic E-state index is -0.641. The number of aromatic nitrogens is 1. The molecule has 1 aliphatic rings. The summed E-state index contributed by atoms with van der Waals surface area (Å²) in [5, 5.41) is 3.76. The standard InChI is InChI=1S/C19H19BrClN3O3/c1-19(2,3)27-15(25)10-24-17(11-5-4-6-13(21)7-11)23-16-14(18(24)26)8-12(20)9-22-16/h4-9,17H,10H2,1-3H3,(H,22,23). The number of hydrogen-bond acceptors (Lipinski definition) is 5. The molecule has 3 rings (SSSR count). The first-order valence-corrected chi connectivity index (χ1v) is 9.51. The van der Waals surface area contributed by atoms with Gasteiger partial charge in [0.1, 0.15) is 24.1 Å². The fraction of sp³-hybridized carbons (Fsp3) is 0.316. The molecule has 142 valence electrons. The number of carbonyl (C=O) groups is 2. The number of anilines is 1. The molecule has 0 fully saturated rings. The van der Waals surface area contributed by atoms with Crippen LogP contribution in [-0.4, -0.2) is 33.9 Å². The zero-order valence-corrected chi connectivity index (χ0v) is 17.5. The number of hydrogen-bond donors (Lipinski definition) is 1. The van der Waals surface area contributed by atoms with Gasteiger partial charge in [-0.15, -0.1) is 0 Å². The van der Waals surface area contributed by atoms with Crippen LogP contribution >= 0.6 is 27.5 Å². The van der Waals surface area contributed by atoms with Crippen molar-refractivity contribution in [3.63, 3.8) is 0 Å². The Morgan fingerprint density at radius 1 is 1.37 bits per heavy atom. The third kappa shape index (κ3) is 4.59. The predicted octanol–water partition coefficient (Wildman–Crippen LogP) is 4.41. The van der Waals surface area contributed by atoms with Crippen molar-refractivity contribution in [2.24, 2.45) is 0 Å². The average molecular weight is 453 g/mol. The van der Waals surface area contributed by atoms with Crippen molar-refractivity contribution in [2.45, 2.75) is 32.5 Å². The van der Waals surface area contributed by atoms with Crippen molar-refractivity contribution in [1.29, 1.82) is 0 Å². The van der Waals surface area contributed by atoms with Gasteiger partial charge >= 0.3 is 5.97 Å². The molecule has 0 saturated carbocycles. The Bertz CT molecular complexity index is 898. The van der Waals surface area contributed by atoms with Crippen LogP contribution in [-0.2, 0) is 9.53 Å². The molecular weight excluding hydrogens is 434 g/mol. The van der Waals surface area contributed by atoms with Crippen molar-refractivity contribution < 1.29 is 14.3 Å². The highest BCUT2D eigenvalue weighted by molar-refractivity contribution is 9.10. The Labute approximate surface area is 171 Å². The molecule has 1 unspecified atom stereocenters. The Morgan fingerprint density at radius 3 is 2.78 bits per heavy atom. The number of pyridine rings is 1. The van der Waals surface area contributed by atoms with Crippen LogP contribution in [0.3, 0.4) is 0 Å². The number of halogens is 2. The molecule has 2 heterocycles. The van der Waals surface area contributed by atoms with Crippen molar-refractivity contribution in [3.05, 3.63) is 57.2 Å². The molecule has 1 N–H and O–H groups in total. The highest BCUT2D eigenvalue weighted by atomic mass is 79.9. The van der Waals surface area contributed by atoms with Crippen LogP contribution in [0, 0.1) is 0 Å². The van der Waals surface area contributed by atoms with E-state index in [1.807, 2.05) is 6.07 Å². The monoisotopic (exact) mass is 451 g/mol. The smallest absolute Gasteiger partial charge is 0.326 e. The van der Waals surface area contributed by atoms with Gasteiger partial charge in [0, 0.05) is 15.7 Å². The lowest BCUT2D eigenvalue weighted by Gasteiger charge is -2.37. The molecule has 27 heavy (non-hydrogen) atoms. The second-order valence-electron chi connectivity index (χ2n) is 7.17. The van der Waals surface area contributed by atoms with E-state index in [9.17, 15) is 9.59 Å². The third-order valence-electron chi connectivity index (χ3n) is 3.81. The minimum absolute atomic E-state index is 0.202. The van der Waals surface area contributed by atoms with E-state index in [-0.39, 0.29) is 12.5 Å². The van der Waals surface area contributed by atoms with E-state index in [1.165, 1.54) is 4.90 Å². The highest BCUT2D eigenvalue weighted by Crippen LogP contribution is 2.33. The number of benzene rings is 1. The van der Waals surface area contributed by atoms with E-state index >= 15 is 0 Å². The minimum Gasteiger partial charge on any atom is -0.459 e. The molecule has 6 nitrogen and oxygen atoms in total. The second kappa shape index (κ2) is 7.48. The summed E-state index contributed by atoms with van der Waals surface area (Å²) in [7, 11) is 0. The Kier molecular flexibility index (Phi) is 5.44. The molecule has 0 spiro atoms. The molecule has 1 aromatic carbocycles. The van der Waals surface area contributed by atoms with Crippen LogP contribution in [0.5, 0.6) is 0 Å². The summed E-state index contributed by atoms with van der Waals surface area (Å²) in [6.07, 6.45) is 1.02. The molecule has 0 radical (unpaired) electrons. The average Bonchev–Trinajstić information content (AvgIpc) is 2.56. The van der Waals surface area contributed by atoms with Crippen LogP contribution in [0.15, 0.2) is 41.0 Å². The zero-order chi connectivity index (χ0) is 19.8. The van der Waals surface area contributed by atoms with Gasteiger partial charge in [-0.25, -0.2) is 4.98 Å². The molecular formula is C19H19BrClN3O3. The number of fused-ring (bicyclic) bond motifs is 1. The van der Waals surface area contributed by atoms with Gasteiger partial charge in [-0.05, 0) is 60.5 Å². The van der Waals surface area contributed by atoms with E-state index in [0.29, 0.717) is 20.9 Å². The normalized spacial score (nSPS) is 16.6. The number of rotatable bonds is 3. The van der Waals surface area contributed by atoms with E-state index in [1.54, 1.807) is 51.2 Å². The van der Waals surface area contributed by atoms with Crippen molar-refractivity contribution >= 4 is 45.2 Å². The van der Waals surface area contributed by atoms with Crippen LogP contribution in [0.2, 0.25) is 5.02 Å². The summed E-state index contributed by atoms with van der Waals surface area (Å²) < 4.78 is 6.07. The van der Waals surface area contributed by atoms with Crippen molar-refractivity contribution in [2.75, 3.05) is 11.9 Å². The van der Waals surface area contributed by atoms with Gasteiger partial charge in [0.05, 0.1) is 5.56 Å². The van der Waals surface area contributed by atoms with E-state index in [0.717, 1.165) is 5.56 Å². The Hall–Kier alpha value is -2.12. The highest BCUT2D eigenvalue weighted by Gasteiger charge is 2.36. The van der Waals surface area contributed by atoms with Gasteiger partial charge < -0.3 is 15.0 Å². The van der Waals surface area contributed by atoms with Crippen LogP contribution in [0.25, 0.3) is 0 Å². The molecule has 1 aliphatic heterocycles. The quantitative estimate of drug-likeness (QED) is 0.699. The lowest BCUT2D eigenvalue weighted by atomic mass is 10.1. The molecule has 0 aliphatic carbocycles. The van der Waals surface area contributed by atoms with Crippen molar-refractivity contribution in [1.82, 2.24) is 9.88 Å². The van der Waals surface area contributed by atoms with Gasteiger partial charge in [-0.3, -0.25) is 9.59 Å². The summed E-state index contributed by atoms with van der Waals surface area (Å²) in [4.78, 5) is 31.2. The molecule has 0 bridgehead atoms. The van der Waals surface area contributed by atoms with Crippen LogP contribution in [0.4, 0.5) is 5.82 Å². The maximum Gasteiger partial charge on any atom is 0.326 e. The van der Waals surface area contributed by atoms with Gasteiger partial charge in [0.25, 0.3) is 5.91 Å². The Morgan fingerprint density at radius 2 is 2.11 bits per heavy atom. The number of nitrogens with one attached hydrogen (secondary N) is 1. The van der Waals surface area contributed by atoms with Crippen molar-refractivity contribution in [3.8, 4) is 0 Å². The lowest BCUT2D eigenvalue weighted by molar-refractivity contribution is -0.156. The number of ether oxygens (including phenoxy) is 1. The summed E-state index contributed by atoms with van der Waals surface area (Å²) in [5.41, 5.74) is 0.484. The number of amides is 1. The van der Waals surface area contributed by atoms with Crippen LogP contribution in [0.1, 0.15) is 42.9 Å². The van der Waals surface area contributed by atoms with Gasteiger partial charge in [0.2, 0.25) is 0 Å². The van der Waals surface area contributed by atoms with E-state index in [2.05, 4.69) is 26.2 Å². The summed E-state index contributed by atoms with van der Waals surface area (Å²) in [6, 6.07) is 8.80. The first-order chi connectivity index (χ1) is 12.6. The largest absolute Gasteiger partial charge is 0.459 e. The third-order valence-corrected chi connectivity index (χ3v) is 4.48. The second-order valence-corrected chi connectivity index (χ2v) is 8.52. The first kappa shape index (κ1) is 19.6. The molecule has 1 atom stereocenters. The molecule has 1 amide bonds. The van der Waals surface area contributed by atoms with E-state index in [4.69, 9.17) is 16.3 Å². The predicted molar refractivity (Wildman–Crippen MR) is 107 cm³/mol. The van der Waals surface area contributed by atoms with Gasteiger partial charge in [-0.2, -0.15) is 0 Å². The molecule has 2 aromatic rings. The fourth-order valence-electron chi connectivity index (χ4n) is 2.81. The topological polar surface area (TPSA) is 71.5 Å². The number of nitrogens with zero attached hydrogens (tertiary/aromatic N) is 2. The molecule has 0 saturated heterocycles. The maximum atomic E-state index is 13.1. The lowest BCUT2D eigenvalue weighted by Crippen LogP contribution is -2.46. The SMILES string of the molecule is CC(C)(C)OC(=O)CN1C(=O)c2cc(Br)cnc2NC1c1cccc(Cl)c1. The van der Waals surface area contributed by atoms with Crippen LogP contribution < -0.4 is 5.32 Å². The summed E-state index contributed by atoms with van der Waals surface area (Å²) in [6.45, 7) is 5.15. The summed E-state index contributed by atoms with van der Waals surface area (Å²) in [5.74, 6) is -0.349. The van der Waals surface area contributed by atoms with Gasteiger partial charge in [0.15, 0.2) is 0 Å². The molecule has 8 heteroatoms. The first-order valence-electron chi connectivity index (χ1n) is 8.34. The summed E-state index contributed by atoms with van der Waals surface area (Å²) >= 11 is 9.45.